The molecule has 0 aromatic carbocycles. The van der Waals surface area contributed by atoms with Gasteiger partial charge in [0, 0.05) is 24.1 Å². The summed E-state index contributed by atoms with van der Waals surface area (Å²) in [6, 6.07) is 0. The van der Waals surface area contributed by atoms with Crippen LogP contribution in [0.2, 0.25) is 0 Å². The van der Waals surface area contributed by atoms with Gasteiger partial charge in [0.05, 0.1) is 17.2 Å². The number of hydrogen-bond donors (Lipinski definition) is 1. The van der Waals surface area contributed by atoms with Crippen LogP contribution < -0.4 is 0 Å². The third kappa shape index (κ3) is 3.03. The van der Waals surface area contributed by atoms with Gasteiger partial charge in [-0.2, -0.15) is 0 Å². The molecule has 90 valence electrons. The molecule has 0 aliphatic heterocycles. The van der Waals surface area contributed by atoms with Crippen LogP contribution in [0.4, 0.5) is 0 Å². The summed E-state index contributed by atoms with van der Waals surface area (Å²) in [5.74, 6) is 0.566. The van der Waals surface area contributed by atoms with E-state index < -0.39 is 6.10 Å². The van der Waals surface area contributed by atoms with Crippen LogP contribution in [0.3, 0.4) is 0 Å². The fourth-order valence-electron chi connectivity index (χ4n) is 1.97. The number of aliphatic hydroxyl groups is 1. The number of aliphatic hydroxyl groups excluding tert-OH is 1. The molecule has 1 aliphatic carbocycles. The minimum Gasteiger partial charge on any atom is -0.390 e. The van der Waals surface area contributed by atoms with Crippen molar-refractivity contribution in [2.75, 3.05) is 6.61 Å². The van der Waals surface area contributed by atoms with Gasteiger partial charge in [-0.1, -0.05) is 0 Å². The molecular formula is C12H19NO2S. The first-order valence-corrected chi connectivity index (χ1v) is 6.79. The monoisotopic (exact) mass is 241 g/mol. The maximum absolute atomic E-state index is 10.2. The van der Waals surface area contributed by atoms with Gasteiger partial charge in [-0.25, -0.2) is 4.98 Å². The quantitative estimate of drug-likeness (QED) is 0.830. The Morgan fingerprint density at radius 3 is 2.88 bits per heavy atom. The molecule has 16 heavy (non-hydrogen) atoms. The molecule has 2 atom stereocenters. The number of nitrogens with zero attached hydrogens (tertiary/aromatic N) is 1. The number of ether oxygens (including phenoxy) is 1. The molecule has 0 spiro atoms. The molecule has 2 rings (SSSR count). The molecule has 1 saturated carbocycles. The Bertz CT molecular complexity index is 336. The van der Waals surface area contributed by atoms with Crippen molar-refractivity contribution in [2.45, 2.75) is 45.3 Å². The van der Waals surface area contributed by atoms with E-state index in [4.69, 9.17) is 4.74 Å². The number of aromatic nitrogens is 1. The summed E-state index contributed by atoms with van der Waals surface area (Å²) in [7, 11) is 0. The van der Waals surface area contributed by atoms with Crippen LogP contribution in [0, 0.1) is 12.8 Å². The highest BCUT2D eigenvalue weighted by atomic mass is 32.1. The van der Waals surface area contributed by atoms with Crippen LogP contribution in [0.25, 0.3) is 0 Å². The normalized spacial score (nSPS) is 19.7. The lowest BCUT2D eigenvalue weighted by Crippen LogP contribution is -2.32. The smallest absolute Gasteiger partial charge is 0.0954 e. The van der Waals surface area contributed by atoms with Crippen molar-refractivity contribution in [2.24, 2.45) is 5.92 Å². The van der Waals surface area contributed by atoms with E-state index in [1.54, 1.807) is 11.3 Å². The zero-order valence-corrected chi connectivity index (χ0v) is 10.7. The lowest BCUT2D eigenvalue weighted by atomic mass is 10.1. The van der Waals surface area contributed by atoms with Crippen LogP contribution in [-0.2, 0) is 11.2 Å². The maximum atomic E-state index is 10.2. The van der Waals surface area contributed by atoms with E-state index in [0.717, 1.165) is 10.7 Å². The maximum Gasteiger partial charge on any atom is 0.0954 e. The molecule has 1 aromatic rings. The predicted molar refractivity (Wildman–Crippen MR) is 64.7 cm³/mol. The van der Waals surface area contributed by atoms with Gasteiger partial charge in [0.1, 0.15) is 0 Å². The van der Waals surface area contributed by atoms with Gasteiger partial charge < -0.3 is 9.84 Å². The molecule has 1 fully saturated rings. The zero-order chi connectivity index (χ0) is 11.5. The third-order valence-corrected chi connectivity index (χ3v) is 3.86. The molecule has 0 bridgehead atoms. The van der Waals surface area contributed by atoms with Crippen molar-refractivity contribution in [3.8, 4) is 0 Å². The fraction of sp³-hybridized carbons (Fsp3) is 0.750. The summed E-state index contributed by atoms with van der Waals surface area (Å²) in [5, 5.41) is 13.2. The molecule has 3 nitrogen and oxygen atoms in total. The van der Waals surface area contributed by atoms with E-state index in [1.165, 1.54) is 12.8 Å². The van der Waals surface area contributed by atoms with E-state index in [0.29, 0.717) is 18.9 Å². The number of thiazole rings is 1. The van der Waals surface area contributed by atoms with Gasteiger partial charge in [-0.05, 0) is 32.6 Å². The molecule has 0 radical (unpaired) electrons. The van der Waals surface area contributed by atoms with Gasteiger partial charge in [0.15, 0.2) is 0 Å². The highest BCUT2D eigenvalue weighted by Gasteiger charge is 2.36. The van der Waals surface area contributed by atoms with E-state index in [-0.39, 0.29) is 6.10 Å². The van der Waals surface area contributed by atoms with Crippen molar-refractivity contribution < 1.29 is 9.84 Å². The second kappa shape index (κ2) is 5.25. The minimum atomic E-state index is -0.405. The van der Waals surface area contributed by atoms with Gasteiger partial charge in [0.25, 0.3) is 0 Å². The molecule has 1 heterocycles. The van der Waals surface area contributed by atoms with Gasteiger partial charge in [-0.15, -0.1) is 11.3 Å². The summed E-state index contributed by atoms with van der Waals surface area (Å²) >= 11 is 1.62. The first kappa shape index (κ1) is 12.0. The van der Waals surface area contributed by atoms with Crippen LogP contribution in [0.5, 0.6) is 0 Å². The predicted octanol–water partition coefficient (Wildman–Crippen LogP) is 2.17. The number of hydrogen-bond acceptors (Lipinski definition) is 4. The summed E-state index contributed by atoms with van der Waals surface area (Å²) < 4.78 is 5.63. The van der Waals surface area contributed by atoms with Crippen LogP contribution >= 0.6 is 11.3 Å². The largest absolute Gasteiger partial charge is 0.390 e. The van der Waals surface area contributed by atoms with Gasteiger partial charge >= 0.3 is 0 Å². The lowest BCUT2D eigenvalue weighted by molar-refractivity contribution is -0.0439. The molecule has 4 heteroatoms. The van der Waals surface area contributed by atoms with E-state index in [1.807, 2.05) is 19.2 Å². The molecule has 0 saturated heterocycles. The molecule has 1 aliphatic rings. The fourth-order valence-corrected chi connectivity index (χ4v) is 2.79. The van der Waals surface area contributed by atoms with Gasteiger partial charge in [0.2, 0.25) is 0 Å². The highest BCUT2D eigenvalue weighted by molar-refractivity contribution is 7.09. The van der Waals surface area contributed by atoms with Crippen LogP contribution in [0.1, 0.15) is 30.5 Å². The highest BCUT2D eigenvalue weighted by Crippen LogP contribution is 2.36. The van der Waals surface area contributed by atoms with Crippen molar-refractivity contribution in [1.82, 2.24) is 4.98 Å². The summed E-state index contributed by atoms with van der Waals surface area (Å²) in [6.07, 6.45) is 2.61. The number of rotatable bonds is 6. The van der Waals surface area contributed by atoms with Crippen molar-refractivity contribution in [3.63, 3.8) is 0 Å². The lowest BCUT2D eigenvalue weighted by Gasteiger charge is -2.21. The Hall–Kier alpha value is -0.450. The zero-order valence-electron chi connectivity index (χ0n) is 9.85. The average molecular weight is 241 g/mol. The van der Waals surface area contributed by atoms with Crippen LogP contribution in [0.15, 0.2) is 5.38 Å². The van der Waals surface area contributed by atoms with Gasteiger partial charge in [-0.3, -0.25) is 0 Å². The van der Waals surface area contributed by atoms with E-state index >= 15 is 0 Å². The summed E-state index contributed by atoms with van der Waals surface area (Å²) in [5.41, 5.74) is 1.03. The Balaban J connectivity index is 1.91. The molecule has 0 amide bonds. The average Bonchev–Trinajstić information content (AvgIpc) is 3.00. The molecule has 2 unspecified atom stereocenters. The molecule has 1 aromatic heterocycles. The van der Waals surface area contributed by atoms with Crippen molar-refractivity contribution in [3.05, 3.63) is 16.1 Å². The first-order valence-electron chi connectivity index (χ1n) is 5.91. The SMILES string of the molecule is CCOC(C(O)Cc1nc(C)cs1)C1CC1. The van der Waals surface area contributed by atoms with Crippen molar-refractivity contribution >= 4 is 11.3 Å². The summed E-state index contributed by atoms with van der Waals surface area (Å²) in [4.78, 5) is 4.38. The Morgan fingerprint density at radius 2 is 2.38 bits per heavy atom. The first-order chi connectivity index (χ1) is 7.70. The topological polar surface area (TPSA) is 42.4 Å². The van der Waals surface area contributed by atoms with Crippen molar-refractivity contribution in [1.29, 1.82) is 0 Å². The van der Waals surface area contributed by atoms with E-state index in [9.17, 15) is 5.11 Å². The Labute approximate surface area is 100 Å². The Kier molecular flexibility index (Phi) is 3.95. The molecular weight excluding hydrogens is 222 g/mol. The Morgan fingerprint density at radius 1 is 1.62 bits per heavy atom. The van der Waals surface area contributed by atoms with E-state index in [2.05, 4.69) is 4.98 Å². The second-order valence-corrected chi connectivity index (χ2v) is 5.35. The number of aryl methyl sites for hydroxylation is 1. The summed E-state index contributed by atoms with van der Waals surface area (Å²) in [6.45, 7) is 4.64. The minimum absolute atomic E-state index is 0.00852. The second-order valence-electron chi connectivity index (χ2n) is 4.41. The molecule has 1 N–H and O–H groups in total. The van der Waals surface area contributed by atoms with Crippen LogP contribution in [-0.4, -0.2) is 28.9 Å². The third-order valence-electron chi connectivity index (χ3n) is 2.88. The standard InChI is InChI=1S/C12H19NO2S/c1-3-15-12(9-4-5-9)10(14)6-11-13-8(2)7-16-11/h7,9-10,12,14H,3-6H2,1-2H3.